The van der Waals surface area contributed by atoms with Crippen molar-refractivity contribution in [3.05, 3.63) is 12.2 Å². The standard InChI is InChI=1S/C18H32O.C4H6O2/c1-2-3-4-5-6-7-8-18(19)16-10-14-9-15(12-16)13-17(18)11-14;1-3(2)4(5)6/h14-17,19H,2-13H2,1H3;1H2,2H3,(H,5,6). The van der Waals surface area contributed by atoms with Crippen molar-refractivity contribution in [3.8, 4) is 0 Å². The topological polar surface area (TPSA) is 57.5 Å². The summed E-state index contributed by atoms with van der Waals surface area (Å²) in [5, 5.41) is 19.1. The molecule has 4 bridgehead atoms. The fraction of sp³-hybridized carbons (Fsp3) is 0.864. The van der Waals surface area contributed by atoms with Crippen molar-refractivity contribution < 1.29 is 15.0 Å². The Morgan fingerprint density at radius 3 is 1.84 bits per heavy atom. The molecule has 0 radical (unpaired) electrons. The summed E-state index contributed by atoms with van der Waals surface area (Å²) >= 11 is 0. The number of unbranched alkanes of at least 4 members (excludes halogenated alkanes) is 5. The van der Waals surface area contributed by atoms with Crippen molar-refractivity contribution in [2.24, 2.45) is 23.7 Å². The van der Waals surface area contributed by atoms with E-state index in [1.54, 1.807) is 0 Å². The minimum atomic E-state index is -0.935. The monoisotopic (exact) mass is 350 g/mol. The van der Waals surface area contributed by atoms with Crippen LogP contribution in [0.4, 0.5) is 0 Å². The fourth-order valence-electron chi connectivity index (χ4n) is 5.60. The number of rotatable bonds is 8. The van der Waals surface area contributed by atoms with E-state index in [2.05, 4.69) is 13.5 Å². The van der Waals surface area contributed by atoms with Gasteiger partial charge in [-0.2, -0.15) is 0 Å². The number of aliphatic hydroxyl groups is 1. The molecule has 3 heteroatoms. The van der Waals surface area contributed by atoms with Crippen molar-refractivity contribution in [1.82, 2.24) is 0 Å². The van der Waals surface area contributed by atoms with E-state index < -0.39 is 5.97 Å². The second-order valence-corrected chi connectivity index (χ2v) is 8.90. The first-order chi connectivity index (χ1) is 11.9. The van der Waals surface area contributed by atoms with Gasteiger partial charge in [0, 0.05) is 5.57 Å². The van der Waals surface area contributed by atoms with Gasteiger partial charge in [-0.25, -0.2) is 4.79 Å². The number of aliphatic carboxylic acids is 1. The van der Waals surface area contributed by atoms with Gasteiger partial charge in [0.25, 0.3) is 0 Å². The molecule has 0 aromatic carbocycles. The zero-order chi connectivity index (χ0) is 18.4. The van der Waals surface area contributed by atoms with Gasteiger partial charge in [0.15, 0.2) is 0 Å². The van der Waals surface area contributed by atoms with Gasteiger partial charge >= 0.3 is 5.97 Å². The summed E-state index contributed by atoms with van der Waals surface area (Å²) in [6.07, 6.45) is 16.1. The summed E-state index contributed by atoms with van der Waals surface area (Å²) in [5.41, 5.74) is -0.0759. The van der Waals surface area contributed by atoms with Crippen LogP contribution in [0.25, 0.3) is 0 Å². The molecule has 144 valence electrons. The van der Waals surface area contributed by atoms with Crippen molar-refractivity contribution >= 4 is 5.97 Å². The molecule has 4 fully saturated rings. The highest BCUT2D eigenvalue weighted by atomic mass is 16.4. The molecule has 4 aliphatic carbocycles. The molecule has 2 N–H and O–H groups in total. The van der Waals surface area contributed by atoms with Crippen LogP contribution in [-0.2, 0) is 4.79 Å². The molecule has 3 nitrogen and oxygen atoms in total. The Hall–Kier alpha value is -0.830. The minimum Gasteiger partial charge on any atom is -0.478 e. The minimum absolute atomic E-state index is 0.176. The Bertz CT molecular complexity index is 414. The number of carbonyl (C=O) groups is 1. The first-order valence-electron chi connectivity index (χ1n) is 10.5. The smallest absolute Gasteiger partial charge is 0.330 e. The Labute approximate surface area is 153 Å². The summed E-state index contributed by atoms with van der Waals surface area (Å²) in [7, 11) is 0. The van der Waals surface area contributed by atoms with Gasteiger partial charge in [0.1, 0.15) is 0 Å². The molecule has 0 amide bonds. The number of hydrogen-bond acceptors (Lipinski definition) is 2. The van der Waals surface area contributed by atoms with E-state index in [4.69, 9.17) is 5.11 Å². The number of carboxylic acid groups (broad SMARTS) is 1. The van der Waals surface area contributed by atoms with E-state index in [9.17, 15) is 9.90 Å². The van der Waals surface area contributed by atoms with Gasteiger partial charge in [-0.15, -0.1) is 0 Å². The zero-order valence-corrected chi connectivity index (χ0v) is 16.3. The number of carboxylic acids is 1. The maximum atomic E-state index is 11.2. The van der Waals surface area contributed by atoms with Crippen LogP contribution in [-0.4, -0.2) is 21.8 Å². The third kappa shape index (κ3) is 5.32. The highest BCUT2D eigenvalue weighted by Crippen LogP contribution is 2.59. The molecule has 0 aromatic heterocycles. The first kappa shape index (κ1) is 20.5. The molecule has 4 rings (SSSR count). The summed E-state index contributed by atoms with van der Waals surface area (Å²) < 4.78 is 0. The van der Waals surface area contributed by atoms with Crippen LogP contribution in [0.5, 0.6) is 0 Å². The largest absolute Gasteiger partial charge is 0.478 e. The lowest BCUT2D eigenvalue weighted by Gasteiger charge is -2.59. The van der Waals surface area contributed by atoms with Crippen LogP contribution in [0.1, 0.15) is 90.9 Å². The second kappa shape index (κ2) is 9.21. The van der Waals surface area contributed by atoms with E-state index in [1.165, 1.54) is 77.6 Å². The molecule has 0 heterocycles. The van der Waals surface area contributed by atoms with Gasteiger partial charge in [-0.05, 0) is 69.1 Å². The summed E-state index contributed by atoms with van der Waals surface area (Å²) in [6, 6.07) is 0. The van der Waals surface area contributed by atoms with E-state index >= 15 is 0 Å². The highest BCUT2D eigenvalue weighted by Gasteiger charge is 2.55. The quantitative estimate of drug-likeness (QED) is 0.444. The summed E-state index contributed by atoms with van der Waals surface area (Å²) in [6.45, 7) is 6.88. The molecule has 0 aliphatic heterocycles. The maximum absolute atomic E-state index is 11.2. The van der Waals surface area contributed by atoms with E-state index in [-0.39, 0.29) is 11.2 Å². The molecule has 0 spiro atoms. The second-order valence-electron chi connectivity index (χ2n) is 8.90. The Morgan fingerprint density at radius 2 is 1.40 bits per heavy atom. The van der Waals surface area contributed by atoms with Crippen molar-refractivity contribution in [2.45, 2.75) is 96.5 Å². The van der Waals surface area contributed by atoms with Gasteiger partial charge < -0.3 is 10.2 Å². The van der Waals surface area contributed by atoms with Crippen molar-refractivity contribution in [2.75, 3.05) is 0 Å². The normalized spacial score (nSPS) is 35.2. The average Bonchev–Trinajstić information content (AvgIpc) is 2.56. The van der Waals surface area contributed by atoms with Crippen LogP contribution in [0.15, 0.2) is 12.2 Å². The first-order valence-corrected chi connectivity index (χ1v) is 10.5. The zero-order valence-electron chi connectivity index (χ0n) is 16.3. The predicted molar refractivity (Wildman–Crippen MR) is 102 cm³/mol. The Morgan fingerprint density at radius 1 is 0.960 bits per heavy atom. The lowest BCUT2D eigenvalue weighted by atomic mass is 9.49. The third-order valence-corrected chi connectivity index (χ3v) is 6.85. The highest BCUT2D eigenvalue weighted by molar-refractivity contribution is 5.84. The van der Waals surface area contributed by atoms with Gasteiger partial charge in [-0.3, -0.25) is 0 Å². The van der Waals surface area contributed by atoms with Crippen LogP contribution < -0.4 is 0 Å². The molecule has 25 heavy (non-hydrogen) atoms. The Balaban J connectivity index is 0.000000326. The summed E-state index contributed by atoms with van der Waals surface area (Å²) in [5.74, 6) is 2.36. The molecule has 0 atom stereocenters. The maximum Gasteiger partial charge on any atom is 0.330 e. The Kier molecular flexibility index (Phi) is 7.54. The average molecular weight is 351 g/mol. The molecule has 4 saturated carbocycles. The van der Waals surface area contributed by atoms with Crippen LogP contribution in [0, 0.1) is 23.7 Å². The van der Waals surface area contributed by atoms with E-state index in [1.807, 2.05) is 0 Å². The lowest BCUT2D eigenvalue weighted by Crippen LogP contribution is -2.57. The predicted octanol–water partition coefficient (Wildman–Crippen LogP) is 5.57. The van der Waals surface area contributed by atoms with Crippen molar-refractivity contribution in [1.29, 1.82) is 0 Å². The van der Waals surface area contributed by atoms with Gasteiger partial charge in [0.05, 0.1) is 5.60 Å². The van der Waals surface area contributed by atoms with Crippen LogP contribution in [0.3, 0.4) is 0 Å². The van der Waals surface area contributed by atoms with E-state index in [0.29, 0.717) is 11.8 Å². The fourth-order valence-corrected chi connectivity index (χ4v) is 5.60. The molecule has 0 aromatic rings. The lowest BCUT2D eigenvalue weighted by molar-refractivity contribution is -0.176. The van der Waals surface area contributed by atoms with Crippen LogP contribution in [0.2, 0.25) is 0 Å². The molecular weight excluding hydrogens is 312 g/mol. The van der Waals surface area contributed by atoms with Crippen molar-refractivity contribution in [3.63, 3.8) is 0 Å². The third-order valence-electron chi connectivity index (χ3n) is 6.85. The SMILES string of the molecule is C=C(C)C(=O)O.CCCCCCCCC1(O)C2CC3CC(C2)CC1C3. The number of hydrogen-bond donors (Lipinski definition) is 2. The molecular formula is C22H38O3. The van der Waals surface area contributed by atoms with Crippen LogP contribution >= 0.6 is 0 Å². The van der Waals surface area contributed by atoms with Gasteiger partial charge in [0.2, 0.25) is 0 Å². The summed E-state index contributed by atoms with van der Waals surface area (Å²) in [4.78, 5) is 9.60. The van der Waals surface area contributed by atoms with E-state index in [0.717, 1.165) is 18.3 Å². The van der Waals surface area contributed by atoms with Gasteiger partial charge in [-0.1, -0.05) is 52.0 Å². The molecule has 4 aliphatic rings. The molecule has 0 unspecified atom stereocenters. The molecule has 0 saturated heterocycles.